The van der Waals surface area contributed by atoms with Crippen LogP contribution in [0, 0.1) is 13.8 Å². The standard InChI is InChI=1S/C22H19N5O4/c1-11-12(2)31-21(24-11)13-4-3-5-15(8-13)25-19(28)14-9-17-18(23-10-14)27(16-6-7-16)22(30)26-20(17)29/h3-5,8-10,16H,6-7H2,1-2H3,(H,25,28)(H,26,29,30). The molecule has 3 heterocycles. The minimum absolute atomic E-state index is 0.0456. The third-order valence-electron chi connectivity index (χ3n) is 5.35. The molecule has 0 aliphatic heterocycles. The lowest BCUT2D eigenvalue weighted by Crippen LogP contribution is -2.30. The van der Waals surface area contributed by atoms with Crippen LogP contribution in [-0.2, 0) is 0 Å². The van der Waals surface area contributed by atoms with Crippen molar-refractivity contribution in [2.75, 3.05) is 5.32 Å². The molecule has 0 saturated heterocycles. The second-order valence-corrected chi connectivity index (χ2v) is 7.65. The molecule has 1 amide bonds. The number of H-pyrrole nitrogens is 1. The first kappa shape index (κ1) is 19.0. The molecule has 0 atom stereocenters. The minimum atomic E-state index is -0.560. The largest absolute Gasteiger partial charge is 0.441 e. The third kappa shape index (κ3) is 3.43. The van der Waals surface area contributed by atoms with Crippen LogP contribution in [0.3, 0.4) is 0 Å². The molecule has 1 aromatic carbocycles. The van der Waals surface area contributed by atoms with Crippen LogP contribution in [0.5, 0.6) is 0 Å². The van der Waals surface area contributed by atoms with Gasteiger partial charge in [-0.05, 0) is 51.0 Å². The smallest absolute Gasteiger partial charge is 0.330 e. The molecule has 3 aromatic heterocycles. The molecular weight excluding hydrogens is 398 g/mol. The number of aromatic amines is 1. The van der Waals surface area contributed by atoms with Crippen molar-refractivity contribution in [2.45, 2.75) is 32.7 Å². The van der Waals surface area contributed by atoms with Gasteiger partial charge in [-0.25, -0.2) is 14.8 Å². The molecule has 5 rings (SSSR count). The van der Waals surface area contributed by atoms with Gasteiger partial charge in [-0.15, -0.1) is 0 Å². The van der Waals surface area contributed by atoms with Gasteiger partial charge in [0, 0.05) is 23.5 Å². The molecule has 31 heavy (non-hydrogen) atoms. The van der Waals surface area contributed by atoms with Crippen LogP contribution < -0.4 is 16.6 Å². The highest BCUT2D eigenvalue weighted by Gasteiger charge is 2.27. The Morgan fingerprint density at radius 3 is 2.74 bits per heavy atom. The van der Waals surface area contributed by atoms with Crippen molar-refractivity contribution >= 4 is 22.6 Å². The summed E-state index contributed by atoms with van der Waals surface area (Å²) in [6.07, 6.45) is 3.11. The van der Waals surface area contributed by atoms with E-state index in [-0.39, 0.29) is 17.0 Å². The molecule has 9 nitrogen and oxygen atoms in total. The molecule has 0 bridgehead atoms. The number of amides is 1. The summed E-state index contributed by atoms with van der Waals surface area (Å²) >= 11 is 0. The van der Waals surface area contributed by atoms with E-state index >= 15 is 0 Å². The number of nitrogens with one attached hydrogen (secondary N) is 2. The number of oxazole rings is 1. The molecule has 1 aliphatic carbocycles. The highest BCUT2D eigenvalue weighted by Crippen LogP contribution is 2.34. The van der Waals surface area contributed by atoms with Crippen molar-refractivity contribution in [3.63, 3.8) is 0 Å². The Morgan fingerprint density at radius 1 is 1.23 bits per heavy atom. The zero-order valence-corrected chi connectivity index (χ0v) is 16.9. The average Bonchev–Trinajstić information content (AvgIpc) is 3.52. The number of hydrogen-bond acceptors (Lipinski definition) is 6. The number of carbonyl (C=O) groups excluding carboxylic acids is 1. The van der Waals surface area contributed by atoms with Crippen LogP contribution in [0.15, 0.2) is 50.5 Å². The number of aryl methyl sites for hydroxylation is 2. The molecular formula is C22H19N5O4. The molecule has 2 N–H and O–H groups in total. The van der Waals surface area contributed by atoms with E-state index in [1.54, 1.807) is 18.2 Å². The maximum absolute atomic E-state index is 12.8. The Balaban J connectivity index is 1.46. The zero-order chi connectivity index (χ0) is 21.7. The summed E-state index contributed by atoms with van der Waals surface area (Å²) in [7, 11) is 0. The summed E-state index contributed by atoms with van der Waals surface area (Å²) in [5, 5.41) is 3.01. The lowest BCUT2D eigenvalue weighted by Gasteiger charge is -2.09. The fraction of sp³-hybridized carbons (Fsp3) is 0.227. The molecule has 1 aliphatic rings. The second-order valence-electron chi connectivity index (χ2n) is 7.65. The minimum Gasteiger partial charge on any atom is -0.441 e. The van der Waals surface area contributed by atoms with Crippen molar-refractivity contribution in [2.24, 2.45) is 0 Å². The number of hydrogen-bond donors (Lipinski definition) is 2. The van der Waals surface area contributed by atoms with E-state index in [9.17, 15) is 14.4 Å². The van der Waals surface area contributed by atoms with Gasteiger partial charge in [-0.1, -0.05) is 6.07 Å². The molecule has 1 fully saturated rings. The Bertz CT molecular complexity index is 1440. The molecule has 0 unspecified atom stereocenters. The monoisotopic (exact) mass is 417 g/mol. The Morgan fingerprint density at radius 2 is 2.03 bits per heavy atom. The van der Waals surface area contributed by atoms with Crippen LogP contribution in [-0.4, -0.2) is 25.4 Å². The maximum Gasteiger partial charge on any atom is 0.330 e. The second kappa shape index (κ2) is 7.05. The van der Waals surface area contributed by atoms with Crippen molar-refractivity contribution < 1.29 is 9.21 Å². The Kier molecular flexibility index (Phi) is 4.32. The van der Waals surface area contributed by atoms with Crippen LogP contribution in [0.4, 0.5) is 5.69 Å². The first-order valence-corrected chi connectivity index (χ1v) is 9.91. The van der Waals surface area contributed by atoms with E-state index in [1.165, 1.54) is 16.8 Å². The van der Waals surface area contributed by atoms with Crippen molar-refractivity contribution in [3.8, 4) is 11.5 Å². The van der Waals surface area contributed by atoms with Crippen LogP contribution in [0.2, 0.25) is 0 Å². The molecule has 0 spiro atoms. The molecule has 4 aromatic rings. The lowest BCUT2D eigenvalue weighted by molar-refractivity contribution is 0.102. The van der Waals surface area contributed by atoms with Gasteiger partial charge in [0.1, 0.15) is 11.4 Å². The quantitative estimate of drug-likeness (QED) is 0.526. The van der Waals surface area contributed by atoms with Gasteiger partial charge in [0.25, 0.3) is 11.5 Å². The first-order valence-electron chi connectivity index (χ1n) is 9.91. The third-order valence-corrected chi connectivity index (χ3v) is 5.35. The number of rotatable bonds is 4. The van der Waals surface area contributed by atoms with Crippen LogP contribution in [0.1, 0.15) is 40.7 Å². The van der Waals surface area contributed by atoms with Crippen LogP contribution in [0.25, 0.3) is 22.5 Å². The normalized spacial score (nSPS) is 13.5. The molecule has 9 heteroatoms. The number of nitrogens with zero attached hydrogens (tertiary/aromatic N) is 3. The van der Waals surface area contributed by atoms with Crippen LogP contribution >= 0.6 is 0 Å². The zero-order valence-electron chi connectivity index (χ0n) is 16.9. The van der Waals surface area contributed by atoms with Gasteiger partial charge in [-0.3, -0.25) is 19.1 Å². The van der Waals surface area contributed by atoms with Gasteiger partial charge >= 0.3 is 5.69 Å². The van der Waals surface area contributed by atoms with E-state index in [0.717, 1.165) is 29.9 Å². The van der Waals surface area contributed by atoms with E-state index in [4.69, 9.17) is 4.42 Å². The first-order chi connectivity index (χ1) is 14.9. The lowest BCUT2D eigenvalue weighted by atomic mass is 10.1. The SMILES string of the molecule is Cc1nc(-c2cccc(NC(=O)c3cnc4c(c3)c(=O)[nH]c(=O)n4C3CC3)c2)oc1C. The predicted octanol–water partition coefficient (Wildman–Crippen LogP) is 2.94. The molecule has 0 radical (unpaired) electrons. The van der Waals surface area contributed by atoms with Gasteiger partial charge < -0.3 is 9.73 Å². The van der Waals surface area contributed by atoms with Gasteiger partial charge in [-0.2, -0.15) is 0 Å². The number of pyridine rings is 1. The average molecular weight is 417 g/mol. The van der Waals surface area contributed by atoms with Gasteiger partial charge in [0.15, 0.2) is 0 Å². The predicted molar refractivity (Wildman–Crippen MR) is 114 cm³/mol. The fourth-order valence-corrected chi connectivity index (χ4v) is 3.46. The fourth-order valence-electron chi connectivity index (χ4n) is 3.46. The summed E-state index contributed by atoms with van der Waals surface area (Å²) < 4.78 is 7.14. The summed E-state index contributed by atoms with van der Waals surface area (Å²) in [5.41, 5.74) is 1.57. The van der Waals surface area contributed by atoms with Crippen molar-refractivity contribution in [1.29, 1.82) is 0 Å². The Hall–Kier alpha value is -4.01. The highest BCUT2D eigenvalue weighted by atomic mass is 16.4. The van der Waals surface area contributed by atoms with E-state index < -0.39 is 17.2 Å². The van der Waals surface area contributed by atoms with Crippen molar-refractivity contribution in [3.05, 3.63) is 74.4 Å². The summed E-state index contributed by atoms with van der Waals surface area (Å²) in [6, 6.07) is 8.64. The summed E-state index contributed by atoms with van der Waals surface area (Å²) in [4.78, 5) is 48.2. The number of aromatic nitrogens is 4. The van der Waals surface area contributed by atoms with E-state index in [0.29, 0.717) is 17.2 Å². The number of fused-ring (bicyclic) bond motifs is 1. The maximum atomic E-state index is 12.8. The highest BCUT2D eigenvalue weighted by molar-refractivity contribution is 6.05. The summed E-state index contributed by atoms with van der Waals surface area (Å²) in [6.45, 7) is 3.71. The topological polar surface area (TPSA) is 123 Å². The molecule has 156 valence electrons. The summed E-state index contributed by atoms with van der Waals surface area (Å²) in [5.74, 6) is 0.791. The van der Waals surface area contributed by atoms with Gasteiger partial charge in [0.05, 0.1) is 16.6 Å². The molecule has 1 saturated carbocycles. The number of carbonyl (C=O) groups is 1. The van der Waals surface area contributed by atoms with Gasteiger partial charge in [0.2, 0.25) is 5.89 Å². The van der Waals surface area contributed by atoms with Crippen molar-refractivity contribution in [1.82, 2.24) is 19.5 Å². The number of benzene rings is 1. The van der Waals surface area contributed by atoms with E-state index in [1.807, 2.05) is 19.9 Å². The Labute approximate surface area is 175 Å². The number of anilines is 1. The van der Waals surface area contributed by atoms with E-state index in [2.05, 4.69) is 20.3 Å².